The minimum atomic E-state index is -0.728. The van der Waals surface area contributed by atoms with E-state index in [0.717, 1.165) is 25.0 Å². The molecule has 0 saturated heterocycles. The zero-order valence-corrected chi connectivity index (χ0v) is 15.2. The van der Waals surface area contributed by atoms with Crippen LogP contribution >= 0.6 is 0 Å². The zero-order chi connectivity index (χ0) is 20.4. The molecule has 2 aromatic heterocycles. The molecule has 4 rings (SSSR count). The Morgan fingerprint density at radius 2 is 1.97 bits per heavy atom. The van der Waals surface area contributed by atoms with Crippen LogP contribution in [0.1, 0.15) is 28.9 Å². The average molecular weight is 397 g/mol. The average Bonchev–Trinajstić information content (AvgIpc) is 3.45. The predicted molar refractivity (Wildman–Crippen MR) is 100 cm³/mol. The fourth-order valence-electron chi connectivity index (χ4n) is 2.70. The maximum Gasteiger partial charge on any atom is 0.271 e. The van der Waals surface area contributed by atoms with Crippen LogP contribution in [-0.4, -0.2) is 26.3 Å². The van der Waals surface area contributed by atoms with Crippen LogP contribution in [0.2, 0.25) is 0 Å². The number of hydrogen-bond acceptors (Lipinski definition) is 4. The number of hydrogen-bond donors (Lipinski definition) is 2. The molecular weight excluding hydrogens is 380 g/mol. The summed E-state index contributed by atoms with van der Waals surface area (Å²) in [5.74, 6) is -1.28. The Bertz CT molecular complexity index is 1060. The third-order valence-electron chi connectivity index (χ3n) is 4.50. The number of anilines is 1. The first-order valence-corrected chi connectivity index (χ1v) is 9.03. The second-order valence-corrected chi connectivity index (χ2v) is 6.75. The molecule has 29 heavy (non-hydrogen) atoms. The van der Waals surface area contributed by atoms with Crippen LogP contribution in [0.3, 0.4) is 0 Å². The maximum atomic E-state index is 13.6. The van der Waals surface area contributed by atoms with E-state index in [2.05, 4.69) is 20.6 Å². The summed E-state index contributed by atoms with van der Waals surface area (Å²) in [6.07, 6.45) is 6.29. The van der Waals surface area contributed by atoms with E-state index in [0.29, 0.717) is 11.5 Å². The highest BCUT2D eigenvalue weighted by atomic mass is 19.1. The second kappa shape index (κ2) is 7.78. The zero-order valence-electron chi connectivity index (χ0n) is 15.2. The highest BCUT2D eigenvalue weighted by Crippen LogP contribution is 2.30. The molecule has 9 heteroatoms. The highest BCUT2D eigenvalue weighted by Gasteiger charge is 2.29. The predicted octanol–water partition coefficient (Wildman–Crippen LogP) is 2.82. The lowest BCUT2D eigenvalue weighted by Crippen LogP contribution is -2.23. The van der Waals surface area contributed by atoms with Gasteiger partial charge in [-0.3, -0.25) is 14.2 Å². The van der Waals surface area contributed by atoms with Gasteiger partial charge in [-0.1, -0.05) is 6.07 Å². The summed E-state index contributed by atoms with van der Waals surface area (Å²) >= 11 is 0. The Hall–Kier alpha value is -3.62. The largest absolute Gasteiger partial charge is 0.346 e. The van der Waals surface area contributed by atoms with Crippen molar-refractivity contribution >= 4 is 17.5 Å². The lowest BCUT2D eigenvalue weighted by molar-refractivity contribution is -0.117. The van der Waals surface area contributed by atoms with Gasteiger partial charge in [-0.05, 0) is 31.0 Å². The van der Waals surface area contributed by atoms with Crippen molar-refractivity contribution < 1.29 is 18.4 Å². The quantitative estimate of drug-likeness (QED) is 0.670. The molecule has 0 atom stereocenters. The summed E-state index contributed by atoms with van der Waals surface area (Å²) < 4.78 is 28.1. The molecule has 0 aliphatic heterocycles. The number of aromatic nitrogens is 3. The van der Waals surface area contributed by atoms with E-state index in [1.165, 1.54) is 24.8 Å². The minimum Gasteiger partial charge on any atom is -0.346 e. The van der Waals surface area contributed by atoms with Crippen LogP contribution in [0.4, 0.5) is 14.5 Å². The van der Waals surface area contributed by atoms with Gasteiger partial charge in [0.05, 0.1) is 11.9 Å². The Morgan fingerprint density at radius 1 is 1.14 bits per heavy atom. The Kier molecular flexibility index (Phi) is 5.03. The van der Waals surface area contributed by atoms with E-state index < -0.39 is 17.5 Å². The van der Waals surface area contributed by atoms with E-state index in [4.69, 9.17) is 0 Å². The van der Waals surface area contributed by atoms with E-state index in [-0.39, 0.29) is 29.6 Å². The molecule has 148 valence electrons. The van der Waals surface area contributed by atoms with Crippen molar-refractivity contribution in [3.8, 4) is 5.82 Å². The summed E-state index contributed by atoms with van der Waals surface area (Å²) in [7, 11) is 0. The van der Waals surface area contributed by atoms with E-state index in [9.17, 15) is 18.4 Å². The van der Waals surface area contributed by atoms with Gasteiger partial charge >= 0.3 is 0 Å². The number of nitrogens with one attached hydrogen (secondary N) is 2. The number of amides is 2. The monoisotopic (exact) mass is 397 g/mol. The number of carbonyl (C=O) groups excluding carboxylic acids is 2. The number of carbonyl (C=O) groups is 2. The molecule has 2 heterocycles. The second-order valence-electron chi connectivity index (χ2n) is 6.75. The molecule has 0 unspecified atom stereocenters. The van der Waals surface area contributed by atoms with Crippen LogP contribution in [0.15, 0.2) is 49.1 Å². The van der Waals surface area contributed by atoms with Gasteiger partial charge in [-0.25, -0.2) is 18.7 Å². The summed E-state index contributed by atoms with van der Waals surface area (Å²) in [4.78, 5) is 32.3. The third kappa shape index (κ3) is 4.45. The number of nitrogens with zero attached hydrogens (tertiary/aromatic N) is 3. The number of benzene rings is 1. The molecule has 1 saturated carbocycles. The lowest BCUT2D eigenvalue weighted by Gasteiger charge is -2.06. The number of halogens is 2. The van der Waals surface area contributed by atoms with Gasteiger partial charge in [-0.15, -0.1) is 0 Å². The van der Waals surface area contributed by atoms with Crippen molar-refractivity contribution in [2.45, 2.75) is 19.4 Å². The van der Waals surface area contributed by atoms with Gasteiger partial charge in [0.2, 0.25) is 5.91 Å². The molecule has 1 aliphatic carbocycles. The topological polar surface area (TPSA) is 88.9 Å². The molecule has 0 spiro atoms. The van der Waals surface area contributed by atoms with Crippen LogP contribution in [-0.2, 0) is 11.3 Å². The first-order valence-electron chi connectivity index (χ1n) is 9.03. The van der Waals surface area contributed by atoms with Crippen molar-refractivity contribution in [2.75, 3.05) is 5.32 Å². The van der Waals surface area contributed by atoms with Gasteiger partial charge < -0.3 is 10.6 Å². The molecule has 2 N–H and O–H groups in total. The number of pyridine rings is 1. The fraction of sp³-hybridized carbons (Fsp3) is 0.200. The van der Waals surface area contributed by atoms with Crippen LogP contribution in [0, 0.1) is 17.6 Å². The molecule has 1 aromatic carbocycles. The van der Waals surface area contributed by atoms with Gasteiger partial charge in [0, 0.05) is 30.3 Å². The minimum absolute atomic E-state index is 0.00118. The van der Waals surface area contributed by atoms with Crippen molar-refractivity contribution in [3.63, 3.8) is 0 Å². The summed E-state index contributed by atoms with van der Waals surface area (Å²) in [6.45, 7) is -0.0918. The molecule has 1 aliphatic rings. The van der Waals surface area contributed by atoms with Crippen LogP contribution < -0.4 is 10.6 Å². The number of imidazole rings is 1. The van der Waals surface area contributed by atoms with Crippen molar-refractivity contribution in [1.82, 2.24) is 19.9 Å². The van der Waals surface area contributed by atoms with Gasteiger partial charge in [0.1, 0.15) is 29.5 Å². The summed E-state index contributed by atoms with van der Waals surface area (Å²) in [5, 5.41) is 5.34. The third-order valence-corrected chi connectivity index (χ3v) is 4.50. The first kappa shape index (κ1) is 18.7. The van der Waals surface area contributed by atoms with Gasteiger partial charge in [0.15, 0.2) is 0 Å². The molecular formula is C20H17F2N5O2. The molecule has 7 nitrogen and oxygen atoms in total. The Morgan fingerprint density at radius 3 is 2.66 bits per heavy atom. The highest BCUT2D eigenvalue weighted by molar-refractivity contribution is 5.94. The first-order chi connectivity index (χ1) is 14.0. The van der Waals surface area contributed by atoms with Crippen LogP contribution in [0.25, 0.3) is 5.82 Å². The molecule has 3 aromatic rings. The van der Waals surface area contributed by atoms with Gasteiger partial charge in [0.25, 0.3) is 5.91 Å². The number of rotatable bonds is 6. The molecule has 1 fully saturated rings. The van der Waals surface area contributed by atoms with Crippen molar-refractivity contribution in [2.24, 2.45) is 5.92 Å². The Labute approximate surface area is 164 Å². The summed E-state index contributed by atoms with van der Waals surface area (Å²) in [6, 6.07) is 6.58. The van der Waals surface area contributed by atoms with E-state index in [1.54, 1.807) is 16.7 Å². The van der Waals surface area contributed by atoms with E-state index >= 15 is 0 Å². The smallest absolute Gasteiger partial charge is 0.271 e. The van der Waals surface area contributed by atoms with E-state index in [1.807, 2.05) is 0 Å². The standard InChI is InChI=1S/C20H17F2N5O2/c21-14-4-3-13(16(22)7-14)8-24-20(29)17-10-27(11-25-17)18-6-5-15(9-23-18)26-19(28)12-1-2-12/h3-7,9-12H,1-2,8H2,(H,24,29)(H,26,28). The van der Waals surface area contributed by atoms with Gasteiger partial charge in [-0.2, -0.15) is 0 Å². The fourth-order valence-corrected chi connectivity index (χ4v) is 2.70. The molecule has 0 radical (unpaired) electrons. The SMILES string of the molecule is O=C(NCc1ccc(F)cc1F)c1cn(-c2ccc(NC(=O)C3CC3)cn2)cn1. The van der Waals surface area contributed by atoms with Crippen molar-refractivity contribution in [3.05, 3.63) is 71.9 Å². The van der Waals surface area contributed by atoms with Crippen LogP contribution in [0.5, 0.6) is 0 Å². The lowest BCUT2D eigenvalue weighted by atomic mass is 10.2. The molecule has 2 amide bonds. The summed E-state index contributed by atoms with van der Waals surface area (Å²) in [5.41, 5.74) is 0.898. The maximum absolute atomic E-state index is 13.6. The normalized spacial score (nSPS) is 13.2. The Balaban J connectivity index is 1.38. The molecule has 0 bridgehead atoms. The van der Waals surface area contributed by atoms with Crippen molar-refractivity contribution in [1.29, 1.82) is 0 Å².